The van der Waals surface area contributed by atoms with Crippen LogP contribution < -0.4 is 14.4 Å². The van der Waals surface area contributed by atoms with Crippen LogP contribution in [0, 0.1) is 11.6 Å². The highest BCUT2D eigenvalue weighted by Crippen LogP contribution is 2.35. The van der Waals surface area contributed by atoms with Crippen molar-refractivity contribution in [2.45, 2.75) is 13.3 Å². The summed E-state index contributed by atoms with van der Waals surface area (Å²) >= 11 is 0. The topological polar surface area (TPSA) is 69.4 Å². The average molecular weight is 421 g/mol. The minimum Gasteiger partial charge on any atom is -0.454 e. The van der Waals surface area contributed by atoms with Crippen LogP contribution in [-0.4, -0.2) is 27.3 Å². The van der Waals surface area contributed by atoms with Gasteiger partial charge in [-0.3, -0.25) is 0 Å². The highest BCUT2D eigenvalue weighted by molar-refractivity contribution is 7.91. The summed E-state index contributed by atoms with van der Waals surface area (Å²) in [6, 6.07) is 9.43. The second kappa shape index (κ2) is 8.44. The summed E-state index contributed by atoms with van der Waals surface area (Å²) in [5.41, 5.74) is 7.00. The van der Waals surface area contributed by atoms with Gasteiger partial charge in [0, 0.05) is 30.3 Å². The van der Waals surface area contributed by atoms with Crippen LogP contribution in [0.25, 0.3) is 0 Å². The maximum atomic E-state index is 13.8. The number of ether oxygens (including phenoxy) is 1. The Morgan fingerprint density at radius 1 is 1.14 bits per heavy atom. The normalized spacial score (nSPS) is 19.1. The fraction of sp³-hybridized carbons (Fsp3) is 0.238. The van der Waals surface area contributed by atoms with Crippen LogP contribution in [0.15, 0.2) is 66.4 Å². The molecule has 0 radical (unpaired) electrons. The highest BCUT2D eigenvalue weighted by Gasteiger charge is 2.42. The Kier molecular flexibility index (Phi) is 6.16. The van der Waals surface area contributed by atoms with Crippen molar-refractivity contribution in [3.05, 3.63) is 78.0 Å². The third-order valence-corrected chi connectivity index (χ3v) is 7.05. The SMILES string of the molecule is CCCS(=O)(=O)[N+]1(c2ccc(Oc3ccc(F)cc3F)cc2)C=C(CN)C=CC1. The first-order valence-corrected chi connectivity index (χ1v) is 10.8. The van der Waals surface area contributed by atoms with Crippen molar-refractivity contribution in [1.29, 1.82) is 0 Å². The molecule has 1 heterocycles. The van der Waals surface area contributed by atoms with Crippen LogP contribution in [0.2, 0.25) is 0 Å². The zero-order valence-electron chi connectivity index (χ0n) is 16.0. The monoisotopic (exact) mass is 421 g/mol. The van der Waals surface area contributed by atoms with E-state index in [1.807, 2.05) is 13.0 Å². The van der Waals surface area contributed by atoms with Gasteiger partial charge in [-0.2, -0.15) is 12.3 Å². The van der Waals surface area contributed by atoms with E-state index < -0.39 is 21.7 Å². The molecule has 3 rings (SSSR count). The maximum Gasteiger partial charge on any atom is 0.306 e. The van der Waals surface area contributed by atoms with Gasteiger partial charge < -0.3 is 10.5 Å². The number of quaternary nitrogens is 1. The van der Waals surface area contributed by atoms with Gasteiger partial charge >= 0.3 is 10.0 Å². The summed E-state index contributed by atoms with van der Waals surface area (Å²) in [7, 11) is -3.56. The Morgan fingerprint density at radius 3 is 2.48 bits per heavy atom. The summed E-state index contributed by atoms with van der Waals surface area (Å²) in [5.74, 6) is -1.30. The van der Waals surface area contributed by atoms with Gasteiger partial charge in [-0.15, -0.1) is 0 Å². The lowest BCUT2D eigenvalue weighted by atomic mass is 10.2. The van der Waals surface area contributed by atoms with E-state index in [-0.39, 0.29) is 28.5 Å². The summed E-state index contributed by atoms with van der Waals surface area (Å²) < 4.78 is 58.3. The highest BCUT2D eigenvalue weighted by atomic mass is 32.2. The molecule has 0 fully saturated rings. The smallest absolute Gasteiger partial charge is 0.306 e. The molecule has 1 atom stereocenters. The molecule has 2 aromatic carbocycles. The molecule has 2 N–H and O–H groups in total. The van der Waals surface area contributed by atoms with E-state index in [4.69, 9.17) is 10.5 Å². The molecule has 1 aliphatic heterocycles. The van der Waals surface area contributed by atoms with E-state index in [0.717, 1.165) is 17.7 Å². The van der Waals surface area contributed by atoms with Gasteiger partial charge in [0.15, 0.2) is 17.3 Å². The molecule has 2 aromatic rings. The quantitative estimate of drug-likeness (QED) is 0.680. The number of rotatable bonds is 7. The molecule has 29 heavy (non-hydrogen) atoms. The van der Waals surface area contributed by atoms with Crippen molar-refractivity contribution in [2.75, 3.05) is 18.8 Å². The number of nitrogens with zero attached hydrogens (tertiary/aromatic N) is 1. The minimum absolute atomic E-state index is 0.0221. The Morgan fingerprint density at radius 2 is 1.86 bits per heavy atom. The van der Waals surface area contributed by atoms with Crippen molar-refractivity contribution in [3.63, 3.8) is 0 Å². The summed E-state index contributed by atoms with van der Waals surface area (Å²) in [6.45, 7) is 2.29. The predicted octanol–water partition coefficient (Wildman–Crippen LogP) is 4.22. The third kappa shape index (κ3) is 4.24. The van der Waals surface area contributed by atoms with Gasteiger partial charge in [0.1, 0.15) is 30.1 Å². The molecular weight excluding hydrogens is 398 g/mol. The lowest BCUT2D eigenvalue weighted by Gasteiger charge is -2.34. The van der Waals surface area contributed by atoms with E-state index >= 15 is 0 Å². The molecule has 154 valence electrons. The Balaban J connectivity index is 1.98. The summed E-state index contributed by atoms with van der Waals surface area (Å²) in [5, 5.41) is 0. The van der Waals surface area contributed by atoms with E-state index in [9.17, 15) is 17.2 Å². The molecule has 0 amide bonds. The van der Waals surface area contributed by atoms with Crippen molar-refractivity contribution in [2.24, 2.45) is 5.73 Å². The largest absolute Gasteiger partial charge is 0.454 e. The van der Waals surface area contributed by atoms with E-state index in [0.29, 0.717) is 17.9 Å². The number of benzene rings is 2. The average Bonchev–Trinajstić information content (AvgIpc) is 2.70. The van der Waals surface area contributed by atoms with Gasteiger partial charge in [0.2, 0.25) is 0 Å². The van der Waals surface area contributed by atoms with Crippen molar-refractivity contribution in [1.82, 2.24) is 3.89 Å². The van der Waals surface area contributed by atoms with Crippen LogP contribution in [0.3, 0.4) is 0 Å². The second-order valence-electron chi connectivity index (χ2n) is 6.75. The van der Waals surface area contributed by atoms with Crippen LogP contribution in [0.4, 0.5) is 14.5 Å². The number of nitrogens with two attached hydrogens (primary N) is 1. The fourth-order valence-corrected chi connectivity index (χ4v) is 5.15. The second-order valence-corrected chi connectivity index (χ2v) is 8.97. The molecule has 5 nitrogen and oxygen atoms in total. The van der Waals surface area contributed by atoms with Gasteiger partial charge in [0.25, 0.3) is 0 Å². The third-order valence-electron chi connectivity index (χ3n) is 4.67. The molecule has 0 spiro atoms. The van der Waals surface area contributed by atoms with E-state index in [1.54, 1.807) is 36.5 Å². The summed E-state index contributed by atoms with van der Waals surface area (Å²) in [6.07, 6.45) is 5.78. The molecule has 0 saturated carbocycles. The predicted molar refractivity (Wildman–Crippen MR) is 110 cm³/mol. The Labute approximate surface area is 169 Å². The zero-order valence-corrected chi connectivity index (χ0v) is 16.8. The molecule has 0 bridgehead atoms. The van der Waals surface area contributed by atoms with Crippen LogP contribution in [0.5, 0.6) is 11.5 Å². The molecule has 1 aliphatic rings. The van der Waals surface area contributed by atoms with Gasteiger partial charge in [-0.05, 0) is 36.8 Å². The molecular formula is C21H23F2N2O3S+. The van der Waals surface area contributed by atoms with Gasteiger partial charge in [-0.1, -0.05) is 13.0 Å². The Bertz CT molecular complexity index is 1050. The van der Waals surface area contributed by atoms with E-state index in [1.165, 1.54) is 6.07 Å². The lowest BCUT2D eigenvalue weighted by molar-refractivity contribution is 0.437. The van der Waals surface area contributed by atoms with E-state index in [2.05, 4.69) is 0 Å². The van der Waals surface area contributed by atoms with Crippen LogP contribution in [-0.2, 0) is 10.0 Å². The van der Waals surface area contributed by atoms with Crippen molar-refractivity contribution < 1.29 is 21.9 Å². The lowest BCUT2D eigenvalue weighted by Crippen LogP contribution is -2.52. The fourth-order valence-electron chi connectivity index (χ4n) is 3.25. The van der Waals surface area contributed by atoms with Gasteiger partial charge in [0.05, 0.1) is 0 Å². The maximum absolute atomic E-state index is 13.8. The first-order chi connectivity index (χ1) is 13.8. The Hall–Kier alpha value is -2.55. The first kappa shape index (κ1) is 21.2. The minimum atomic E-state index is -3.56. The zero-order chi connectivity index (χ0) is 21.1. The molecule has 8 heteroatoms. The molecule has 0 aliphatic carbocycles. The number of hydrogen-bond donors (Lipinski definition) is 1. The van der Waals surface area contributed by atoms with Crippen molar-refractivity contribution >= 4 is 15.7 Å². The molecule has 0 saturated heterocycles. The number of halogens is 2. The number of hydrogen-bond acceptors (Lipinski definition) is 4. The van der Waals surface area contributed by atoms with Crippen LogP contribution in [0.1, 0.15) is 13.3 Å². The molecule has 1 unspecified atom stereocenters. The molecule has 0 aromatic heterocycles. The van der Waals surface area contributed by atoms with Gasteiger partial charge in [-0.25, -0.2) is 8.78 Å². The van der Waals surface area contributed by atoms with Crippen LogP contribution >= 0.6 is 0 Å². The summed E-state index contributed by atoms with van der Waals surface area (Å²) in [4.78, 5) is 0. The van der Waals surface area contributed by atoms with Crippen molar-refractivity contribution in [3.8, 4) is 11.5 Å². The standard InChI is InChI=1S/C21H23F2N2O3S/c1-2-12-29(26,27)25(11-3-4-16(14-24)15-25)18-6-8-19(9-7-18)28-21-10-5-17(22)13-20(21)23/h3-10,13,15H,2,11-12,14,24H2,1H3/q+1. The first-order valence-electron chi connectivity index (χ1n) is 9.24. The number of sulfonamides is 1.